The highest BCUT2D eigenvalue weighted by Gasteiger charge is 2.43. The van der Waals surface area contributed by atoms with Gasteiger partial charge in [-0.15, -0.1) is 0 Å². The van der Waals surface area contributed by atoms with E-state index in [0.29, 0.717) is 17.9 Å². The highest BCUT2D eigenvalue weighted by molar-refractivity contribution is 6.24. The van der Waals surface area contributed by atoms with E-state index in [4.69, 9.17) is 4.74 Å². The van der Waals surface area contributed by atoms with Crippen LogP contribution in [0.15, 0.2) is 71.2 Å². The van der Waals surface area contributed by atoms with E-state index in [1.54, 1.807) is 24.3 Å². The van der Waals surface area contributed by atoms with Gasteiger partial charge in [0.15, 0.2) is 11.6 Å². The van der Waals surface area contributed by atoms with Crippen molar-refractivity contribution in [3.05, 3.63) is 82.6 Å². The number of hydrogen-bond donors (Lipinski definition) is 2. The fourth-order valence-electron chi connectivity index (χ4n) is 3.30. The summed E-state index contributed by atoms with van der Waals surface area (Å²) in [6.07, 6.45) is 0.405. The van der Waals surface area contributed by atoms with Crippen molar-refractivity contribution in [1.29, 1.82) is 0 Å². The van der Waals surface area contributed by atoms with Crippen molar-refractivity contribution in [2.24, 2.45) is 5.41 Å². The van der Waals surface area contributed by atoms with E-state index in [-0.39, 0.29) is 29.1 Å². The van der Waals surface area contributed by atoms with Gasteiger partial charge >= 0.3 is 0 Å². The topological polar surface area (TPSA) is 83.8 Å². The lowest BCUT2D eigenvalue weighted by Crippen LogP contribution is -2.36. The van der Waals surface area contributed by atoms with E-state index in [1.165, 1.54) is 45.0 Å². The molecule has 5 nitrogen and oxygen atoms in total. The molecule has 0 spiro atoms. The number of benzene rings is 2. The van der Waals surface area contributed by atoms with Crippen molar-refractivity contribution in [3.63, 3.8) is 0 Å². The van der Waals surface area contributed by atoms with Crippen LogP contribution in [0.3, 0.4) is 0 Å². The van der Waals surface area contributed by atoms with Gasteiger partial charge in [0, 0.05) is 12.0 Å². The SMILES string of the molecule is CC1=C(O)C(C)(C)C(=O)C(C(=O)CCc2ccc(Oc3ccc(F)cc3)cc2)=C1O. The van der Waals surface area contributed by atoms with Crippen LogP contribution in [-0.4, -0.2) is 21.8 Å². The molecule has 0 saturated heterocycles. The third-order valence-corrected chi connectivity index (χ3v) is 5.23. The number of ketones is 2. The van der Waals surface area contributed by atoms with Crippen LogP contribution in [0.4, 0.5) is 4.39 Å². The smallest absolute Gasteiger partial charge is 0.183 e. The number of ether oxygens (including phenoxy) is 1. The largest absolute Gasteiger partial charge is 0.511 e. The Hall–Kier alpha value is -3.41. The van der Waals surface area contributed by atoms with Gasteiger partial charge in [-0.1, -0.05) is 12.1 Å². The fraction of sp³-hybridized carbons (Fsp3) is 0.250. The van der Waals surface area contributed by atoms with Gasteiger partial charge in [-0.2, -0.15) is 0 Å². The Labute approximate surface area is 174 Å². The predicted octanol–water partition coefficient (Wildman–Crippen LogP) is 5.37. The molecule has 0 saturated carbocycles. The van der Waals surface area contributed by atoms with Crippen molar-refractivity contribution in [2.75, 3.05) is 0 Å². The number of carbonyl (C=O) groups is 2. The monoisotopic (exact) mass is 410 g/mol. The number of aliphatic hydroxyl groups is 2. The van der Waals surface area contributed by atoms with Gasteiger partial charge < -0.3 is 14.9 Å². The van der Waals surface area contributed by atoms with Crippen LogP contribution in [0.2, 0.25) is 0 Å². The summed E-state index contributed by atoms with van der Waals surface area (Å²) in [6, 6.07) is 12.7. The molecule has 0 heterocycles. The molecule has 0 unspecified atom stereocenters. The van der Waals surface area contributed by atoms with E-state index in [9.17, 15) is 24.2 Å². The van der Waals surface area contributed by atoms with Crippen LogP contribution in [0.25, 0.3) is 0 Å². The van der Waals surface area contributed by atoms with Crippen molar-refractivity contribution in [3.8, 4) is 11.5 Å². The maximum Gasteiger partial charge on any atom is 0.183 e. The zero-order chi connectivity index (χ0) is 22.1. The average Bonchev–Trinajstić information content (AvgIpc) is 2.72. The summed E-state index contributed by atoms with van der Waals surface area (Å²) in [5.74, 6) is -1.00. The van der Waals surface area contributed by atoms with Crippen molar-refractivity contribution in [2.45, 2.75) is 33.6 Å². The molecular weight excluding hydrogens is 387 g/mol. The lowest BCUT2D eigenvalue weighted by Gasteiger charge is -2.29. The number of rotatable bonds is 6. The second-order valence-corrected chi connectivity index (χ2v) is 7.77. The summed E-state index contributed by atoms with van der Waals surface area (Å²) in [4.78, 5) is 25.3. The number of Topliss-reactive ketones (excluding diaryl/α,β-unsaturated/α-hetero) is 2. The second-order valence-electron chi connectivity index (χ2n) is 7.77. The molecule has 3 rings (SSSR count). The van der Waals surface area contributed by atoms with E-state index < -0.39 is 22.7 Å². The molecule has 2 aromatic rings. The molecular formula is C24H23FO5. The van der Waals surface area contributed by atoms with Gasteiger partial charge in [-0.05, 0) is 69.2 Å². The molecule has 0 amide bonds. The van der Waals surface area contributed by atoms with Crippen LogP contribution < -0.4 is 4.74 Å². The summed E-state index contributed by atoms with van der Waals surface area (Å²) in [5, 5.41) is 20.4. The zero-order valence-electron chi connectivity index (χ0n) is 17.0. The van der Waals surface area contributed by atoms with Gasteiger partial charge in [-0.25, -0.2) is 4.39 Å². The Balaban J connectivity index is 1.67. The van der Waals surface area contributed by atoms with Crippen molar-refractivity contribution in [1.82, 2.24) is 0 Å². The number of allylic oxidation sites excluding steroid dienone is 3. The zero-order valence-corrected chi connectivity index (χ0v) is 17.0. The number of hydrogen-bond acceptors (Lipinski definition) is 5. The van der Waals surface area contributed by atoms with Gasteiger partial charge in [0.25, 0.3) is 0 Å². The first-order valence-corrected chi connectivity index (χ1v) is 9.55. The molecule has 0 aliphatic heterocycles. The molecule has 30 heavy (non-hydrogen) atoms. The Morgan fingerprint density at radius 3 is 2.10 bits per heavy atom. The first-order valence-electron chi connectivity index (χ1n) is 9.55. The third-order valence-electron chi connectivity index (χ3n) is 5.23. The summed E-state index contributed by atoms with van der Waals surface area (Å²) in [7, 11) is 0. The summed E-state index contributed by atoms with van der Waals surface area (Å²) in [6.45, 7) is 4.52. The van der Waals surface area contributed by atoms with E-state index in [1.807, 2.05) is 0 Å². The minimum atomic E-state index is -1.25. The summed E-state index contributed by atoms with van der Waals surface area (Å²) < 4.78 is 18.6. The Morgan fingerprint density at radius 2 is 1.53 bits per heavy atom. The van der Waals surface area contributed by atoms with Crippen LogP contribution in [0, 0.1) is 11.2 Å². The number of aliphatic hydroxyl groups excluding tert-OH is 2. The molecule has 156 valence electrons. The predicted molar refractivity (Wildman–Crippen MR) is 110 cm³/mol. The average molecular weight is 410 g/mol. The number of halogens is 1. The third kappa shape index (κ3) is 4.13. The molecule has 0 atom stereocenters. The van der Waals surface area contributed by atoms with Gasteiger partial charge in [0.05, 0.1) is 5.41 Å². The van der Waals surface area contributed by atoms with Crippen LogP contribution in [0.5, 0.6) is 11.5 Å². The molecule has 6 heteroatoms. The molecule has 0 bridgehead atoms. The van der Waals surface area contributed by atoms with E-state index in [2.05, 4.69) is 0 Å². The second kappa shape index (κ2) is 8.14. The Morgan fingerprint density at radius 1 is 1.00 bits per heavy atom. The van der Waals surface area contributed by atoms with Crippen molar-refractivity contribution < 1.29 is 28.9 Å². The lowest BCUT2D eigenvalue weighted by atomic mass is 9.74. The van der Waals surface area contributed by atoms with Gasteiger partial charge in [-0.3, -0.25) is 9.59 Å². The van der Waals surface area contributed by atoms with E-state index in [0.717, 1.165) is 5.56 Å². The molecule has 2 aromatic carbocycles. The molecule has 0 fully saturated rings. The minimum absolute atomic E-state index is 0.0351. The normalized spacial score (nSPS) is 16.1. The minimum Gasteiger partial charge on any atom is -0.511 e. The molecule has 1 aliphatic carbocycles. The molecule has 0 radical (unpaired) electrons. The highest BCUT2D eigenvalue weighted by atomic mass is 19.1. The number of carbonyl (C=O) groups excluding carboxylic acids is 2. The molecule has 0 aromatic heterocycles. The van der Waals surface area contributed by atoms with Gasteiger partial charge in [0.2, 0.25) is 0 Å². The molecule has 2 N–H and O–H groups in total. The van der Waals surface area contributed by atoms with Crippen LogP contribution >= 0.6 is 0 Å². The first-order chi connectivity index (χ1) is 14.1. The maximum atomic E-state index is 13.0. The molecule has 1 aliphatic rings. The lowest BCUT2D eigenvalue weighted by molar-refractivity contribution is -0.127. The Bertz CT molecular complexity index is 1040. The Kier molecular flexibility index (Phi) is 5.78. The van der Waals surface area contributed by atoms with E-state index >= 15 is 0 Å². The number of aryl methyl sites for hydroxylation is 1. The first kappa shape index (κ1) is 21.3. The highest BCUT2D eigenvalue weighted by Crippen LogP contribution is 2.38. The summed E-state index contributed by atoms with van der Waals surface area (Å²) in [5.41, 5.74) is -0.509. The summed E-state index contributed by atoms with van der Waals surface area (Å²) >= 11 is 0. The maximum absolute atomic E-state index is 13.0. The van der Waals surface area contributed by atoms with Crippen LogP contribution in [0.1, 0.15) is 32.8 Å². The van der Waals surface area contributed by atoms with Gasteiger partial charge in [0.1, 0.15) is 34.4 Å². The standard InChI is InChI=1S/C24H23FO5/c1-14-21(27)20(23(29)24(2,3)22(14)28)19(26)13-6-15-4-9-17(10-5-15)30-18-11-7-16(25)8-12-18/h4-5,7-12,27-28H,6,13H2,1-3H3. The fourth-order valence-corrected chi connectivity index (χ4v) is 3.30. The van der Waals surface area contributed by atoms with Crippen molar-refractivity contribution >= 4 is 11.6 Å². The van der Waals surface area contributed by atoms with Crippen LogP contribution in [-0.2, 0) is 16.0 Å². The quantitative estimate of drug-likeness (QED) is 0.625.